The van der Waals surface area contributed by atoms with E-state index in [-0.39, 0.29) is 18.5 Å². The number of carbonyl (C=O) groups is 1. The van der Waals surface area contributed by atoms with Crippen LogP contribution in [0.4, 0.5) is 0 Å². The summed E-state index contributed by atoms with van der Waals surface area (Å²) in [6.07, 6.45) is 1.33. The number of nitrogens with zero attached hydrogens (tertiary/aromatic N) is 7. The molecule has 1 aliphatic heterocycles. The Kier molecular flexibility index (Phi) is 4.86. The molecule has 1 aliphatic rings. The summed E-state index contributed by atoms with van der Waals surface area (Å²) in [5.41, 5.74) is 8.30. The van der Waals surface area contributed by atoms with Crippen LogP contribution in [-0.2, 0) is 4.79 Å². The van der Waals surface area contributed by atoms with Crippen molar-refractivity contribution in [3.8, 4) is 0 Å². The second kappa shape index (κ2) is 7.23. The lowest BCUT2D eigenvalue weighted by atomic mass is 10.1. The van der Waals surface area contributed by atoms with E-state index in [1.165, 1.54) is 6.39 Å². The highest BCUT2D eigenvalue weighted by Gasteiger charge is 2.30. The maximum absolute atomic E-state index is 11.9. The van der Waals surface area contributed by atoms with E-state index in [2.05, 4.69) is 25.1 Å². The molecular weight excluding hydrogens is 318 g/mol. The molecule has 0 bridgehead atoms. The minimum Gasteiger partial charge on any atom is -0.343 e. The van der Waals surface area contributed by atoms with E-state index in [0.29, 0.717) is 32.0 Å². The molecule has 3 heterocycles. The van der Waals surface area contributed by atoms with Crippen LogP contribution in [0, 0.1) is 0 Å². The average Bonchev–Trinajstić information content (AvgIpc) is 3.28. The maximum Gasteiger partial charge on any atom is 0.228 e. The van der Waals surface area contributed by atoms with Crippen molar-refractivity contribution < 1.29 is 9.32 Å². The van der Waals surface area contributed by atoms with Crippen molar-refractivity contribution in [2.24, 2.45) is 5.11 Å². The van der Waals surface area contributed by atoms with E-state index in [4.69, 9.17) is 10.1 Å². The van der Waals surface area contributed by atoms with Gasteiger partial charge in [0.05, 0.1) is 0 Å². The highest BCUT2D eigenvalue weighted by Crippen LogP contribution is 2.30. The van der Waals surface area contributed by atoms with Crippen molar-refractivity contribution in [2.45, 2.75) is 6.04 Å². The summed E-state index contributed by atoms with van der Waals surface area (Å²) in [5.74, 6) is 0.482. The monoisotopic (exact) mass is 333 g/mol. The number of hydrogen-bond acceptors (Lipinski definition) is 7. The molecule has 0 aliphatic carbocycles. The molecule has 120 valence electrons. The number of amides is 1. The van der Waals surface area contributed by atoms with E-state index in [9.17, 15) is 4.79 Å². The smallest absolute Gasteiger partial charge is 0.228 e. The Morgan fingerprint density at radius 1 is 1.48 bits per heavy atom. The third kappa shape index (κ3) is 3.50. The fourth-order valence-electron chi connectivity index (χ4n) is 2.64. The van der Waals surface area contributed by atoms with E-state index in [1.807, 2.05) is 17.5 Å². The van der Waals surface area contributed by atoms with Crippen molar-refractivity contribution in [1.29, 1.82) is 0 Å². The third-order valence-corrected chi connectivity index (χ3v) is 4.66. The number of carbonyl (C=O) groups excluding carboxylic acids is 1. The van der Waals surface area contributed by atoms with Gasteiger partial charge in [-0.1, -0.05) is 16.3 Å². The van der Waals surface area contributed by atoms with Gasteiger partial charge in [0.1, 0.15) is 12.6 Å². The molecule has 0 aromatic carbocycles. The maximum atomic E-state index is 11.9. The normalized spacial score (nSPS) is 16.8. The number of aromatic nitrogens is 2. The van der Waals surface area contributed by atoms with Gasteiger partial charge in [-0.05, 0) is 17.0 Å². The van der Waals surface area contributed by atoms with Gasteiger partial charge in [0.15, 0.2) is 5.82 Å². The summed E-state index contributed by atoms with van der Waals surface area (Å²) in [7, 11) is 0. The largest absolute Gasteiger partial charge is 0.343 e. The Balaban J connectivity index is 1.69. The van der Waals surface area contributed by atoms with Crippen LogP contribution in [0.1, 0.15) is 16.7 Å². The van der Waals surface area contributed by atoms with Gasteiger partial charge < -0.3 is 9.42 Å². The highest BCUT2D eigenvalue weighted by atomic mass is 32.1. The molecule has 23 heavy (non-hydrogen) atoms. The summed E-state index contributed by atoms with van der Waals surface area (Å²) in [6.45, 7) is 2.42. The molecule has 1 amide bonds. The number of thiophene rings is 1. The lowest BCUT2D eigenvalue weighted by Crippen LogP contribution is -2.50. The van der Waals surface area contributed by atoms with Crippen LogP contribution < -0.4 is 0 Å². The van der Waals surface area contributed by atoms with Gasteiger partial charge >= 0.3 is 0 Å². The Labute approximate surface area is 136 Å². The Bertz CT molecular complexity index is 639. The lowest BCUT2D eigenvalue weighted by Gasteiger charge is -2.37. The minimum atomic E-state index is -0.144. The first-order valence-corrected chi connectivity index (χ1v) is 8.00. The molecule has 0 spiro atoms. The van der Waals surface area contributed by atoms with Gasteiger partial charge in [-0.2, -0.15) is 4.98 Å². The van der Waals surface area contributed by atoms with Crippen LogP contribution in [0.2, 0.25) is 0 Å². The molecule has 2 aromatic rings. The number of hydrogen-bond donors (Lipinski definition) is 0. The van der Waals surface area contributed by atoms with Crippen LogP contribution in [0.5, 0.6) is 0 Å². The zero-order chi connectivity index (χ0) is 16.1. The van der Waals surface area contributed by atoms with E-state index in [1.54, 1.807) is 16.2 Å². The SMILES string of the molecule is [N-]=[N+]=NCC(=O)N1CCN(C(c2ncon2)c2cccs2)CC1. The molecule has 1 saturated heterocycles. The number of azide groups is 1. The zero-order valence-electron chi connectivity index (χ0n) is 12.3. The molecule has 2 aromatic heterocycles. The van der Waals surface area contributed by atoms with Crippen LogP contribution in [0.15, 0.2) is 33.5 Å². The van der Waals surface area contributed by atoms with Gasteiger partial charge in [-0.25, -0.2) is 0 Å². The third-order valence-electron chi connectivity index (χ3n) is 3.74. The molecular formula is C13H15N7O2S. The van der Waals surface area contributed by atoms with Crippen molar-refractivity contribution >= 4 is 17.2 Å². The minimum absolute atomic E-state index is 0.0665. The predicted octanol–water partition coefficient (Wildman–Crippen LogP) is 1.68. The number of piperazine rings is 1. The first-order valence-electron chi connectivity index (χ1n) is 7.12. The Morgan fingerprint density at radius 2 is 2.30 bits per heavy atom. The number of rotatable bonds is 5. The average molecular weight is 333 g/mol. The molecule has 1 unspecified atom stereocenters. The highest BCUT2D eigenvalue weighted by molar-refractivity contribution is 7.10. The van der Waals surface area contributed by atoms with Crippen LogP contribution in [0.25, 0.3) is 10.4 Å². The van der Waals surface area contributed by atoms with Crippen molar-refractivity contribution in [3.63, 3.8) is 0 Å². The molecule has 0 radical (unpaired) electrons. The van der Waals surface area contributed by atoms with Gasteiger partial charge in [-0.3, -0.25) is 9.69 Å². The molecule has 0 N–H and O–H groups in total. The quantitative estimate of drug-likeness (QED) is 0.469. The molecule has 0 saturated carbocycles. The fraction of sp³-hybridized carbons (Fsp3) is 0.462. The first-order chi connectivity index (χ1) is 11.3. The molecule has 9 nitrogen and oxygen atoms in total. The summed E-state index contributed by atoms with van der Waals surface area (Å²) in [5, 5.41) is 9.33. The van der Waals surface area contributed by atoms with E-state index in [0.717, 1.165) is 4.88 Å². The van der Waals surface area contributed by atoms with E-state index >= 15 is 0 Å². The predicted molar refractivity (Wildman–Crippen MR) is 82.6 cm³/mol. The summed E-state index contributed by atoms with van der Waals surface area (Å²) >= 11 is 1.64. The molecule has 3 rings (SSSR count). The summed E-state index contributed by atoms with van der Waals surface area (Å²) in [4.78, 5) is 23.8. The first kappa shape index (κ1) is 15.5. The molecule has 1 atom stereocenters. The van der Waals surface area contributed by atoms with Crippen LogP contribution in [-0.4, -0.2) is 58.6 Å². The topological polar surface area (TPSA) is 111 Å². The fourth-order valence-corrected chi connectivity index (χ4v) is 3.49. The Morgan fingerprint density at radius 3 is 2.91 bits per heavy atom. The van der Waals surface area contributed by atoms with E-state index < -0.39 is 0 Å². The van der Waals surface area contributed by atoms with Gasteiger partial charge in [0.25, 0.3) is 0 Å². The van der Waals surface area contributed by atoms with Crippen molar-refractivity contribution in [2.75, 3.05) is 32.7 Å². The van der Waals surface area contributed by atoms with Gasteiger partial charge in [0.2, 0.25) is 12.3 Å². The molecule has 1 fully saturated rings. The zero-order valence-corrected chi connectivity index (χ0v) is 13.1. The lowest BCUT2D eigenvalue weighted by molar-refractivity contribution is -0.131. The summed E-state index contributed by atoms with van der Waals surface area (Å²) < 4.78 is 4.89. The second-order valence-corrected chi connectivity index (χ2v) is 5.99. The van der Waals surface area contributed by atoms with Crippen LogP contribution >= 0.6 is 11.3 Å². The molecule has 10 heteroatoms. The van der Waals surface area contributed by atoms with Gasteiger partial charge in [0, 0.05) is 36.0 Å². The second-order valence-electron chi connectivity index (χ2n) is 5.01. The van der Waals surface area contributed by atoms with Crippen LogP contribution in [0.3, 0.4) is 0 Å². The van der Waals surface area contributed by atoms with Crippen molar-refractivity contribution in [1.82, 2.24) is 19.9 Å². The van der Waals surface area contributed by atoms with Gasteiger partial charge in [-0.15, -0.1) is 11.3 Å². The summed E-state index contributed by atoms with van der Waals surface area (Å²) in [6, 6.07) is 3.97. The van der Waals surface area contributed by atoms with Crippen molar-refractivity contribution in [3.05, 3.63) is 45.1 Å². The Hall–Kier alpha value is -2.42. The standard InChI is InChI=1S/C13H15N7O2S/c14-18-16-8-11(21)19-3-5-20(6-4-19)12(10-2-1-7-23-10)13-15-9-22-17-13/h1-2,7,9,12H,3-6,8H2.